The van der Waals surface area contributed by atoms with Gasteiger partial charge in [-0.25, -0.2) is 9.97 Å². The molecular weight excluding hydrogens is 421 g/mol. The first-order chi connectivity index (χ1) is 14.2. The molecule has 11 heteroatoms. The van der Waals surface area contributed by atoms with Crippen LogP contribution in [-0.2, 0) is 0 Å². The Morgan fingerprint density at radius 2 is 2.07 bits per heavy atom. The smallest absolute Gasteiger partial charge is 0.354 e. The Morgan fingerprint density at radius 1 is 1.30 bits per heavy atom. The average Bonchev–Trinajstić information content (AvgIpc) is 2.64. The molecule has 1 saturated heterocycles. The molecule has 0 spiro atoms. The van der Waals surface area contributed by atoms with Crippen molar-refractivity contribution in [3.8, 4) is 0 Å². The van der Waals surface area contributed by atoms with Gasteiger partial charge in [-0.1, -0.05) is 11.6 Å². The Kier molecular flexibility index (Phi) is 7.09. The Balaban J connectivity index is 1.50. The molecule has 162 valence electrons. The van der Waals surface area contributed by atoms with Crippen LogP contribution in [0.1, 0.15) is 28.4 Å². The molecule has 1 amide bonds. The van der Waals surface area contributed by atoms with Crippen LogP contribution in [0.2, 0.25) is 5.02 Å². The van der Waals surface area contributed by atoms with Crippen molar-refractivity contribution in [3.63, 3.8) is 0 Å². The fraction of sp³-hybridized carbons (Fsp3) is 0.474. The Labute approximate surface area is 177 Å². The molecule has 3 heterocycles. The number of nitrogens with zero attached hydrogens (tertiary/aromatic N) is 5. The van der Waals surface area contributed by atoms with Crippen LogP contribution < -0.4 is 10.2 Å². The minimum atomic E-state index is -4.23. The normalized spacial score (nSPS) is 14.7. The van der Waals surface area contributed by atoms with E-state index in [0.29, 0.717) is 35.9 Å². The van der Waals surface area contributed by atoms with Crippen LogP contribution >= 0.6 is 11.6 Å². The number of halogens is 4. The molecule has 0 unspecified atom stereocenters. The first-order valence-corrected chi connectivity index (χ1v) is 9.80. The van der Waals surface area contributed by atoms with Crippen molar-refractivity contribution in [2.24, 2.45) is 0 Å². The molecule has 1 aliphatic heterocycles. The number of aromatic nitrogens is 3. The SMILES string of the molecule is CN(CCCNC(=O)c1cncnc1N1CC(c2ccc(Cl)cn2)C1)CC(F)(F)F. The zero-order valence-electron chi connectivity index (χ0n) is 16.4. The van der Waals surface area contributed by atoms with Crippen molar-refractivity contribution in [1.82, 2.24) is 25.2 Å². The summed E-state index contributed by atoms with van der Waals surface area (Å²) in [6.07, 6.45) is 0.600. The van der Waals surface area contributed by atoms with Gasteiger partial charge in [-0.05, 0) is 32.1 Å². The Hall–Kier alpha value is -2.46. The maximum atomic E-state index is 12.5. The molecule has 7 nitrogen and oxygen atoms in total. The summed E-state index contributed by atoms with van der Waals surface area (Å²) in [7, 11) is 1.40. The first kappa shape index (κ1) is 22.2. The largest absolute Gasteiger partial charge is 0.401 e. The monoisotopic (exact) mass is 442 g/mol. The van der Waals surface area contributed by atoms with E-state index in [2.05, 4.69) is 20.3 Å². The number of rotatable bonds is 8. The third-order valence-corrected chi connectivity index (χ3v) is 4.96. The number of hydrogen-bond acceptors (Lipinski definition) is 6. The highest BCUT2D eigenvalue weighted by molar-refractivity contribution is 6.30. The standard InChI is InChI=1S/C19H22ClF3N6O/c1-28(11-19(21,22)23)6-2-5-25-18(30)15-8-24-12-27-17(15)29-9-13(10-29)16-4-3-14(20)7-26-16/h3-4,7-8,12-13H,2,5-6,9-11H2,1H3,(H,25,30). The van der Waals surface area contributed by atoms with Crippen LogP contribution in [-0.4, -0.2) is 71.7 Å². The second-order valence-electron chi connectivity index (χ2n) is 7.23. The van der Waals surface area contributed by atoms with Crippen LogP contribution in [0.3, 0.4) is 0 Å². The number of alkyl halides is 3. The minimum absolute atomic E-state index is 0.220. The molecule has 30 heavy (non-hydrogen) atoms. The zero-order chi connectivity index (χ0) is 21.7. The van der Waals surface area contributed by atoms with Gasteiger partial charge in [0.05, 0.1) is 11.6 Å². The lowest BCUT2D eigenvalue weighted by Gasteiger charge is -2.40. The number of carbonyl (C=O) groups excluding carboxylic acids is 1. The molecule has 0 bridgehead atoms. The van der Waals surface area contributed by atoms with E-state index in [-0.39, 0.29) is 24.9 Å². The number of hydrogen-bond donors (Lipinski definition) is 1. The van der Waals surface area contributed by atoms with Crippen molar-refractivity contribution in [3.05, 3.63) is 47.1 Å². The van der Waals surface area contributed by atoms with Crippen LogP contribution in [0.4, 0.5) is 19.0 Å². The third-order valence-electron chi connectivity index (χ3n) is 4.74. The number of nitrogens with one attached hydrogen (secondary N) is 1. The maximum Gasteiger partial charge on any atom is 0.401 e. The highest BCUT2D eigenvalue weighted by Crippen LogP contribution is 2.31. The summed E-state index contributed by atoms with van der Waals surface area (Å²) in [4.78, 5) is 28.2. The van der Waals surface area contributed by atoms with E-state index in [0.717, 1.165) is 5.69 Å². The van der Waals surface area contributed by atoms with Crippen molar-refractivity contribution in [1.29, 1.82) is 0 Å². The number of carbonyl (C=O) groups is 1. The summed E-state index contributed by atoms with van der Waals surface area (Å²) in [6, 6.07) is 3.68. The van der Waals surface area contributed by atoms with Crippen molar-refractivity contribution in [2.45, 2.75) is 18.5 Å². The van der Waals surface area contributed by atoms with E-state index in [4.69, 9.17) is 11.6 Å². The van der Waals surface area contributed by atoms with Gasteiger partial charge in [-0.15, -0.1) is 0 Å². The van der Waals surface area contributed by atoms with E-state index in [1.54, 1.807) is 12.3 Å². The summed E-state index contributed by atoms with van der Waals surface area (Å²) in [5.41, 5.74) is 1.27. The van der Waals surface area contributed by atoms with Gasteiger partial charge >= 0.3 is 6.18 Å². The van der Waals surface area contributed by atoms with Gasteiger partial charge in [0, 0.05) is 43.6 Å². The van der Waals surface area contributed by atoms with Gasteiger partial charge in [0.2, 0.25) is 0 Å². The molecule has 0 atom stereocenters. The topological polar surface area (TPSA) is 74.2 Å². The van der Waals surface area contributed by atoms with E-state index in [1.165, 1.54) is 24.5 Å². The predicted molar refractivity (Wildman–Crippen MR) is 107 cm³/mol. The summed E-state index contributed by atoms with van der Waals surface area (Å²) in [5.74, 6) is 0.399. The zero-order valence-corrected chi connectivity index (χ0v) is 17.1. The second kappa shape index (κ2) is 9.57. The van der Waals surface area contributed by atoms with Gasteiger partial charge in [-0.2, -0.15) is 13.2 Å². The van der Waals surface area contributed by atoms with Crippen LogP contribution in [0.25, 0.3) is 0 Å². The van der Waals surface area contributed by atoms with Crippen molar-refractivity contribution >= 4 is 23.3 Å². The van der Waals surface area contributed by atoms with E-state index >= 15 is 0 Å². The molecule has 0 saturated carbocycles. The lowest BCUT2D eigenvalue weighted by Crippen LogP contribution is -2.47. The molecule has 0 aliphatic carbocycles. The molecule has 1 N–H and O–H groups in total. The number of anilines is 1. The molecule has 0 radical (unpaired) electrons. The number of amides is 1. The van der Waals surface area contributed by atoms with Gasteiger partial charge in [0.15, 0.2) is 0 Å². The molecule has 3 rings (SSSR count). The fourth-order valence-corrected chi connectivity index (χ4v) is 3.35. The molecule has 2 aromatic heterocycles. The van der Waals surface area contributed by atoms with E-state index in [1.807, 2.05) is 11.0 Å². The first-order valence-electron chi connectivity index (χ1n) is 9.43. The van der Waals surface area contributed by atoms with Crippen molar-refractivity contribution < 1.29 is 18.0 Å². The quantitative estimate of drug-likeness (QED) is 0.634. The van der Waals surface area contributed by atoms with E-state index in [9.17, 15) is 18.0 Å². The van der Waals surface area contributed by atoms with Crippen LogP contribution in [0.5, 0.6) is 0 Å². The van der Waals surface area contributed by atoms with Gasteiger partial charge in [-0.3, -0.25) is 14.7 Å². The molecular formula is C19H22ClF3N6O. The van der Waals surface area contributed by atoms with E-state index < -0.39 is 12.7 Å². The lowest BCUT2D eigenvalue weighted by molar-refractivity contribution is -0.143. The third kappa shape index (κ3) is 6.02. The fourth-order valence-electron chi connectivity index (χ4n) is 3.23. The minimum Gasteiger partial charge on any atom is -0.354 e. The van der Waals surface area contributed by atoms with Gasteiger partial charge < -0.3 is 10.2 Å². The van der Waals surface area contributed by atoms with Crippen LogP contribution in [0.15, 0.2) is 30.9 Å². The highest BCUT2D eigenvalue weighted by Gasteiger charge is 2.32. The predicted octanol–water partition coefficient (Wildman–Crippen LogP) is 2.74. The lowest BCUT2D eigenvalue weighted by atomic mass is 9.95. The summed E-state index contributed by atoms with van der Waals surface area (Å²) < 4.78 is 37.0. The molecule has 2 aromatic rings. The summed E-state index contributed by atoms with van der Waals surface area (Å²) in [5, 5.41) is 3.31. The maximum absolute atomic E-state index is 12.5. The van der Waals surface area contributed by atoms with Gasteiger partial charge in [0.25, 0.3) is 5.91 Å². The van der Waals surface area contributed by atoms with Gasteiger partial charge in [0.1, 0.15) is 17.7 Å². The highest BCUT2D eigenvalue weighted by atomic mass is 35.5. The molecule has 0 aromatic carbocycles. The average molecular weight is 443 g/mol. The second-order valence-corrected chi connectivity index (χ2v) is 7.66. The number of pyridine rings is 1. The molecule has 1 fully saturated rings. The summed E-state index contributed by atoms with van der Waals surface area (Å²) in [6.45, 7) is 0.824. The van der Waals surface area contributed by atoms with Crippen LogP contribution in [0, 0.1) is 0 Å². The summed E-state index contributed by atoms with van der Waals surface area (Å²) >= 11 is 5.87. The Morgan fingerprint density at radius 3 is 2.73 bits per heavy atom. The van der Waals surface area contributed by atoms with Crippen molar-refractivity contribution in [2.75, 3.05) is 44.7 Å². The molecule has 1 aliphatic rings. The Bertz CT molecular complexity index is 858.